The van der Waals surface area contributed by atoms with E-state index in [0.29, 0.717) is 0 Å². The zero-order valence-electron chi connectivity index (χ0n) is 7.70. The van der Waals surface area contributed by atoms with Crippen molar-refractivity contribution in [1.29, 1.82) is 5.26 Å². The van der Waals surface area contributed by atoms with Gasteiger partial charge in [0.05, 0.1) is 6.07 Å². The molecule has 13 heavy (non-hydrogen) atoms. The standard InChI is InChI=1S/C10H12N2O/c1-6-3-8(9(12)5-11)4-7(2)10(6)13/h3-4,9,13H,12H2,1-2H3. The molecule has 1 rings (SSSR count). The molecule has 0 heterocycles. The average molecular weight is 176 g/mol. The van der Waals surface area contributed by atoms with Gasteiger partial charge in [0.25, 0.3) is 0 Å². The normalized spacial score (nSPS) is 12.2. The number of rotatable bonds is 1. The van der Waals surface area contributed by atoms with Crippen molar-refractivity contribution in [2.75, 3.05) is 0 Å². The minimum absolute atomic E-state index is 0.272. The molecule has 1 unspecified atom stereocenters. The minimum atomic E-state index is -0.613. The van der Waals surface area contributed by atoms with Gasteiger partial charge in [0.15, 0.2) is 0 Å². The molecule has 0 spiro atoms. The van der Waals surface area contributed by atoms with Gasteiger partial charge in [-0.2, -0.15) is 5.26 Å². The van der Waals surface area contributed by atoms with Gasteiger partial charge in [-0.3, -0.25) is 0 Å². The molecule has 3 heteroatoms. The van der Waals surface area contributed by atoms with E-state index >= 15 is 0 Å². The van der Waals surface area contributed by atoms with Crippen LogP contribution >= 0.6 is 0 Å². The van der Waals surface area contributed by atoms with Gasteiger partial charge in [0.2, 0.25) is 0 Å². The molecule has 68 valence electrons. The summed E-state index contributed by atoms with van der Waals surface area (Å²) in [5.41, 5.74) is 7.79. The molecule has 0 aliphatic carbocycles. The van der Waals surface area contributed by atoms with Crippen LogP contribution in [-0.2, 0) is 0 Å². The first-order valence-electron chi connectivity index (χ1n) is 4.01. The Balaban J connectivity index is 3.22. The molecule has 1 aromatic rings. The number of hydrogen-bond acceptors (Lipinski definition) is 3. The number of nitriles is 1. The molecule has 0 saturated carbocycles. The highest BCUT2D eigenvalue weighted by Crippen LogP contribution is 2.24. The van der Waals surface area contributed by atoms with Crippen LogP contribution in [0.3, 0.4) is 0 Å². The summed E-state index contributed by atoms with van der Waals surface area (Å²) in [6.07, 6.45) is 0. The van der Waals surface area contributed by atoms with Crippen molar-refractivity contribution in [2.45, 2.75) is 19.9 Å². The van der Waals surface area contributed by atoms with Crippen molar-refractivity contribution >= 4 is 0 Å². The third-order valence-corrected chi connectivity index (χ3v) is 2.01. The van der Waals surface area contributed by atoms with Crippen LogP contribution in [0.5, 0.6) is 5.75 Å². The summed E-state index contributed by atoms with van der Waals surface area (Å²) >= 11 is 0. The Bertz CT molecular complexity index is 343. The molecule has 0 bridgehead atoms. The Kier molecular flexibility index (Phi) is 2.54. The number of aryl methyl sites for hydroxylation is 2. The Labute approximate surface area is 77.4 Å². The monoisotopic (exact) mass is 176 g/mol. The van der Waals surface area contributed by atoms with Crippen LogP contribution in [0.4, 0.5) is 0 Å². The van der Waals surface area contributed by atoms with Gasteiger partial charge in [-0.15, -0.1) is 0 Å². The van der Waals surface area contributed by atoms with E-state index < -0.39 is 6.04 Å². The molecule has 0 fully saturated rings. The summed E-state index contributed by atoms with van der Waals surface area (Å²) in [7, 11) is 0. The molecule has 0 aromatic heterocycles. The number of phenols is 1. The van der Waals surface area contributed by atoms with E-state index in [4.69, 9.17) is 11.0 Å². The molecular weight excluding hydrogens is 164 g/mol. The summed E-state index contributed by atoms with van der Waals surface area (Å²) in [5.74, 6) is 0.272. The lowest BCUT2D eigenvalue weighted by Gasteiger charge is -2.08. The summed E-state index contributed by atoms with van der Waals surface area (Å²) in [5, 5.41) is 18.1. The van der Waals surface area contributed by atoms with E-state index in [2.05, 4.69) is 0 Å². The molecule has 1 atom stereocenters. The fourth-order valence-electron chi connectivity index (χ4n) is 1.24. The number of aromatic hydroxyl groups is 1. The molecule has 3 N–H and O–H groups in total. The van der Waals surface area contributed by atoms with Crippen molar-refractivity contribution in [3.63, 3.8) is 0 Å². The lowest BCUT2D eigenvalue weighted by molar-refractivity contribution is 0.466. The number of benzene rings is 1. The van der Waals surface area contributed by atoms with Crippen molar-refractivity contribution in [3.8, 4) is 11.8 Å². The van der Waals surface area contributed by atoms with E-state index in [1.165, 1.54) is 0 Å². The van der Waals surface area contributed by atoms with Gasteiger partial charge in [-0.25, -0.2) is 0 Å². The van der Waals surface area contributed by atoms with E-state index in [9.17, 15) is 5.11 Å². The summed E-state index contributed by atoms with van der Waals surface area (Å²) < 4.78 is 0. The van der Waals surface area contributed by atoms with Gasteiger partial charge >= 0.3 is 0 Å². The molecular formula is C10H12N2O. The van der Waals surface area contributed by atoms with E-state index in [1.807, 2.05) is 6.07 Å². The minimum Gasteiger partial charge on any atom is -0.507 e. The number of nitrogens with zero attached hydrogens (tertiary/aromatic N) is 1. The van der Waals surface area contributed by atoms with Crippen molar-refractivity contribution in [1.82, 2.24) is 0 Å². The van der Waals surface area contributed by atoms with Crippen LogP contribution in [0.15, 0.2) is 12.1 Å². The summed E-state index contributed by atoms with van der Waals surface area (Å²) in [6, 6.07) is 4.80. The van der Waals surface area contributed by atoms with Crippen molar-refractivity contribution in [3.05, 3.63) is 28.8 Å². The topological polar surface area (TPSA) is 70.0 Å². The molecule has 0 saturated heterocycles. The van der Waals surface area contributed by atoms with Crippen LogP contribution in [-0.4, -0.2) is 5.11 Å². The van der Waals surface area contributed by atoms with Gasteiger partial charge < -0.3 is 10.8 Å². The molecule has 1 aromatic carbocycles. The van der Waals surface area contributed by atoms with Crippen LogP contribution < -0.4 is 5.73 Å². The lowest BCUT2D eigenvalue weighted by Crippen LogP contribution is -2.07. The predicted molar refractivity (Wildman–Crippen MR) is 50.1 cm³/mol. The SMILES string of the molecule is Cc1cc(C(N)C#N)cc(C)c1O. The van der Waals surface area contributed by atoms with E-state index in [-0.39, 0.29) is 5.75 Å². The highest BCUT2D eigenvalue weighted by atomic mass is 16.3. The maximum atomic E-state index is 9.46. The van der Waals surface area contributed by atoms with Crippen LogP contribution in [0.2, 0.25) is 0 Å². The molecule has 0 amide bonds. The Morgan fingerprint density at radius 3 is 2.23 bits per heavy atom. The first-order chi connectivity index (χ1) is 6.06. The van der Waals surface area contributed by atoms with Crippen LogP contribution in [0.25, 0.3) is 0 Å². The van der Waals surface area contributed by atoms with E-state index in [0.717, 1.165) is 16.7 Å². The molecule has 0 aliphatic rings. The second-order valence-corrected chi connectivity index (χ2v) is 3.11. The smallest absolute Gasteiger partial charge is 0.121 e. The van der Waals surface area contributed by atoms with Crippen LogP contribution in [0, 0.1) is 25.2 Å². The summed E-state index contributed by atoms with van der Waals surface area (Å²) in [6.45, 7) is 3.58. The third-order valence-electron chi connectivity index (χ3n) is 2.01. The predicted octanol–water partition coefficient (Wildman–Crippen LogP) is 1.53. The molecule has 3 nitrogen and oxygen atoms in total. The van der Waals surface area contributed by atoms with Crippen molar-refractivity contribution < 1.29 is 5.11 Å². The van der Waals surface area contributed by atoms with Gasteiger partial charge in [-0.1, -0.05) is 0 Å². The zero-order valence-corrected chi connectivity index (χ0v) is 7.70. The van der Waals surface area contributed by atoms with Crippen molar-refractivity contribution in [2.24, 2.45) is 5.73 Å². The van der Waals surface area contributed by atoms with E-state index in [1.54, 1.807) is 26.0 Å². The first kappa shape index (κ1) is 9.56. The highest BCUT2D eigenvalue weighted by Gasteiger charge is 2.08. The fourth-order valence-corrected chi connectivity index (χ4v) is 1.24. The quantitative estimate of drug-likeness (QED) is 0.681. The zero-order chi connectivity index (χ0) is 10.0. The lowest BCUT2D eigenvalue weighted by atomic mass is 10.0. The van der Waals surface area contributed by atoms with Gasteiger partial charge in [-0.05, 0) is 42.7 Å². The van der Waals surface area contributed by atoms with Crippen LogP contribution in [0.1, 0.15) is 22.7 Å². The number of phenolic OH excluding ortho intramolecular Hbond substituents is 1. The fraction of sp³-hybridized carbons (Fsp3) is 0.300. The first-order valence-corrected chi connectivity index (χ1v) is 4.01. The second kappa shape index (κ2) is 3.46. The molecule has 0 aliphatic heterocycles. The Morgan fingerprint density at radius 1 is 1.38 bits per heavy atom. The summed E-state index contributed by atoms with van der Waals surface area (Å²) in [4.78, 5) is 0. The Hall–Kier alpha value is -1.53. The maximum absolute atomic E-state index is 9.46. The number of nitrogens with two attached hydrogens (primary N) is 1. The third kappa shape index (κ3) is 1.79. The largest absolute Gasteiger partial charge is 0.507 e. The maximum Gasteiger partial charge on any atom is 0.121 e. The number of hydrogen-bond donors (Lipinski definition) is 2. The average Bonchev–Trinajstić information content (AvgIpc) is 2.12. The molecule has 0 radical (unpaired) electrons. The van der Waals surface area contributed by atoms with Gasteiger partial charge in [0, 0.05) is 0 Å². The highest BCUT2D eigenvalue weighted by molar-refractivity contribution is 5.43. The second-order valence-electron chi connectivity index (χ2n) is 3.11. The Morgan fingerprint density at radius 2 is 1.85 bits per heavy atom. The van der Waals surface area contributed by atoms with Gasteiger partial charge in [0.1, 0.15) is 11.8 Å².